The molecule has 0 spiro atoms. The molecule has 1 aliphatic heterocycles. The molecule has 2 aromatic rings. The van der Waals surface area contributed by atoms with E-state index in [0.29, 0.717) is 18.5 Å². The van der Waals surface area contributed by atoms with Crippen LogP contribution < -0.4 is 11.3 Å². The Hall–Kier alpha value is -1.24. The van der Waals surface area contributed by atoms with Crippen LogP contribution in [0.1, 0.15) is 31.2 Å². The van der Waals surface area contributed by atoms with Crippen molar-refractivity contribution in [2.24, 2.45) is 11.7 Å². The topological polar surface area (TPSA) is 63.6 Å². The quantitative estimate of drug-likeness (QED) is 0.936. The Bertz CT molecular complexity index is 693. The summed E-state index contributed by atoms with van der Waals surface area (Å²) in [5.41, 5.74) is 7.76. The van der Waals surface area contributed by atoms with Crippen LogP contribution in [0.3, 0.4) is 0 Å². The molecule has 0 bridgehead atoms. The van der Waals surface area contributed by atoms with Crippen molar-refractivity contribution in [3.8, 4) is 0 Å². The number of piperidine rings is 1. The molecule has 1 fully saturated rings. The molecule has 21 heavy (non-hydrogen) atoms. The number of nitrogens with zero attached hydrogens (tertiary/aromatic N) is 3. The summed E-state index contributed by atoms with van der Waals surface area (Å²) in [7, 11) is 0. The van der Waals surface area contributed by atoms with Crippen LogP contribution in [0.4, 0.5) is 0 Å². The van der Waals surface area contributed by atoms with Crippen LogP contribution in [-0.2, 0) is 6.54 Å². The zero-order valence-electron chi connectivity index (χ0n) is 12.6. The zero-order chi connectivity index (χ0) is 15.0. The number of rotatable bonds is 3. The summed E-state index contributed by atoms with van der Waals surface area (Å²) in [5.74, 6) is 0.609. The van der Waals surface area contributed by atoms with Crippen LogP contribution in [0.2, 0.25) is 0 Å². The van der Waals surface area contributed by atoms with Crippen molar-refractivity contribution in [3.63, 3.8) is 0 Å². The Morgan fingerprint density at radius 1 is 1.52 bits per heavy atom. The third kappa shape index (κ3) is 2.75. The minimum Gasteiger partial charge on any atom is -0.329 e. The number of likely N-dealkylation sites (tertiary alicyclic amines) is 1. The maximum absolute atomic E-state index is 12.2. The highest BCUT2D eigenvalue weighted by Crippen LogP contribution is 2.24. The molecule has 1 aliphatic rings. The molecule has 5 nitrogen and oxygen atoms in total. The van der Waals surface area contributed by atoms with E-state index in [2.05, 4.69) is 16.8 Å². The molecular weight excluding hydrogens is 284 g/mol. The summed E-state index contributed by atoms with van der Waals surface area (Å²) in [5, 5.41) is 1.97. The number of hydrogen-bond acceptors (Lipinski definition) is 5. The highest BCUT2D eigenvalue weighted by atomic mass is 32.1. The number of thiazole rings is 1. The van der Waals surface area contributed by atoms with Crippen molar-refractivity contribution in [1.82, 2.24) is 14.3 Å². The minimum absolute atomic E-state index is 0.0168. The normalized spacial score (nSPS) is 23.8. The second kappa shape index (κ2) is 5.87. The monoisotopic (exact) mass is 306 g/mol. The first kappa shape index (κ1) is 14.7. The van der Waals surface area contributed by atoms with E-state index >= 15 is 0 Å². The minimum atomic E-state index is 0.0168. The lowest BCUT2D eigenvalue weighted by atomic mass is 9.90. The molecule has 0 saturated carbocycles. The van der Waals surface area contributed by atoms with Gasteiger partial charge in [0, 0.05) is 36.3 Å². The van der Waals surface area contributed by atoms with Crippen LogP contribution in [0.15, 0.2) is 16.2 Å². The fourth-order valence-electron chi connectivity index (χ4n) is 3.30. The second-order valence-corrected chi connectivity index (χ2v) is 6.81. The number of nitrogens with two attached hydrogens (primary N) is 1. The van der Waals surface area contributed by atoms with E-state index in [0.717, 1.165) is 29.4 Å². The molecule has 0 amide bonds. The Morgan fingerprint density at radius 2 is 2.33 bits per heavy atom. The fraction of sp³-hybridized carbons (Fsp3) is 0.600. The van der Waals surface area contributed by atoms with Gasteiger partial charge in [-0.25, -0.2) is 4.98 Å². The van der Waals surface area contributed by atoms with Crippen molar-refractivity contribution < 1.29 is 0 Å². The van der Waals surface area contributed by atoms with E-state index in [1.807, 2.05) is 12.3 Å². The summed E-state index contributed by atoms with van der Waals surface area (Å²) >= 11 is 1.52. The van der Waals surface area contributed by atoms with Gasteiger partial charge in [0.05, 0.1) is 5.69 Å². The third-order valence-corrected chi connectivity index (χ3v) is 5.41. The highest BCUT2D eigenvalue weighted by molar-refractivity contribution is 7.15. The molecule has 114 valence electrons. The molecule has 2 aromatic heterocycles. The SMILES string of the molecule is Cc1csc2nc(CN3CCCC(C)C3CN)cc(=O)n12. The van der Waals surface area contributed by atoms with Gasteiger partial charge < -0.3 is 5.73 Å². The maximum Gasteiger partial charge on any atom is 0.259 e. The Labute approximate surface area is 128 Å². The van der Waals surface area contributed by atoms with Gasteiger partial charge in [-0.3, -0.25) is 14.1 Å². The molecule has 2 unspecified atom stereocenters. The third-order valence-electron chi connectivity index (χ3n) is 4.47. The average molecular weight is 306 g/mol. The number of aryl methyl sites for hydroxylation is 1. The predicted octanol–water partition coefficient (Wildman–Crippen LogP) is 1.62. The lowest BCUT2D eigenvalue weighted by Crippen LogP contribution is -2.48. The van der Waals surface area contributed by atoms with Crippen molar-refractivity contribution in [2.45, 2.75) is 39.3 Å². The molecular formula is C15H22N4OS. The average Bonchev–Trinajstić information content (AvgIpc) is 2.81. The summed E-state index contributed by atoms with van der Waals surface area (Å²) in [6, 6.07) is 2.06. The Kier molecular flexibility index (Phi) is 4.10. The van der Waals surface area contributed by atoms with Crippen molar-refractivity contribution in [1.29, 1.82) is 0 Å². The second-order valence-electron chi connectivity index (χ2n) is 5.97. The zero-order valence-corrected chi connectivity index (χ0v) is 13.4. The van der Waals surface area contributed by atoms with Crippen molar-refractivity contribution >= 4 is 16.3 Å². The van der Waals surface area contributed by atoms with E-state index in [9.17, 15) is 4.79 Å². The summed E-state index contributed by atoms with van der Waals surface area (Å²) in [6.07, 6.45) is 2.43. The summed E-state index contributed by atoms with van der Waals surface area (Å²) < 4.78 is 1.67. The van der Waals surface area contributed by atoms with Crippen LogP contribution in [0.5, 0.6) is 0 Å². The predicted molar refractivity (Wildman–Crippen MR) is 85.7 cm³/mol. The van der Waals surface area contributed by atoms with Crippen LogP contribution >= 0.6 is 11.3 Å². The molecule has 3 heterocycles. The number of hydrogen-bond donors (Lipinski definition) is 1. The smallest absolute Gasteiger partial charge is 0.259 e. The Morgan fingerprint density at radius 3 is 3.10 bits per heavy atom. The molecule has 2 atom stereocenters. The lowest BCUT2D eigenvalue weighted by molar-refractivity contribution is 0.0978. The molecule has 0 aliphatic carbocycles. The standard InChI is InChI=1S/C15H22N4OS/c1-10-4-3-5-18(13(10)7-16)8-12-6-14(20)19-11(2)9-21-15(19)17-12/h6,9-10,13H,3-5,7-8,16H2,1-2H3. The molecule has 3 rings (SSSR count). The van der Waals surface area contributed by atoms with Crippen molar-refractivity contribution in [3.05, 3.63) is 33.2 Å². The molecule has 1 saturated heterocycles. The molecule has 6 heteroatoms. The highest BCUT2D eigenvalue weighted by Gasteiger charge is 2.27. The Balaban J connectivity index is 1.89. The molecule has 0 radical (unpaired) electrons. The maximum atomic E-state index is 12.2. The first-order valence-corrected chi connectivity index (χ1v) is 8.39. The van der Waals surface area contributed by atoms with E-state index < -0.39 is 0 Å². The first-order valence-electron chi connectivity index (χ1n) is 7.51. The van der Waals surface area contributed by atoms with Crippen LogP contribution in [-0.4, -0.2) is 33.4 Å². The van der Waals surface area contributed by atoms with Gasteiger partial charge in [0.15, 0.2) is 4.96 Å². The van der Waals surface area contributed by atoms with Crippen LogP contribution in [0.25, 0.3) is 4.96 Å². The van der Waals surface area contributed by atoms with Crippen molar-refractivity contribution in [2.75, 3.05) is 13.1 Å². The molecule has 0 aromatic carbocycles. The van der Waals surface area contributed by atoms with Gasteiger partial charge in [-0.2, -0.15) is 0 Å². The van der Waals surface area contributed by atoms with Gasteiger partial charge in [0.1, 0.15) is 0 Å². The van der Waals surface area contributed by atoms with E-state index in [4.69, 9.17) is 5.73 Å². The number of fused-ring (bicyclic) bond motifs is 1. The van der Waals surface area contributed by atoms with Gasteiger partial charge in [0.25, 0.3) is 5.56 Å². The van der Waals surface area contributed by atoms with E-state index in [1.54, 1.807) is 10.5 Å². The van der Waals surface area contributed by atoms with Gasteiger partial charge in [-0.1, -0.05) is 6.92 Å². The number of aromatic nitrogens is 2. The van der Waals surface area contributed by atoms with Gasteiger partial charge in [-0.05, 0) is 32.2 Å². The molecule has 2 N–H and O–H groups in total. The van der Waals surface area contributed by atoms with E-state index in [1.165, 1.54) is 24.2 Å². The van der Waals surface area contributed by atoms with Gasteiger partial charge in [-0.15, -0.1) is 11.3 Å². The summed E-state index contributed by atoms with van der Waals surface area (Å²) in [6.45, 7) is 6.62. The van der Waals surface area contributed by atoms with Crippen LogP contribution in [0, 0.1) is 12.8 Å². The van der Waals surface area contributed by atoms with E-state index in [-0.39, 0.29) is 5.56 Å². The summed E-state index contributed by atoms with van der Waals surface area (Å²) in [4.78, 5) is 20.0. The van der Waals surface area contributed by atoms with Gasteiger partial charge >= 0.3 is 0 Å². The first-order chi connectivity index (χ1) is 10.1. The largest absolute Gasteiger partial charge is 0.329 e. The fourth-order valence-corrected chi connectivity index (χ4v) is 4.19. The lowest BCUT2D eigenvalue weighted by Gasteiger charge is -2.39. The van der Waals surface area contributed by atoms with Gasteiger partial charge in [0.2, 0.25) is 0 Å².